The lowest BCUT2D eigenvalue weighted by Crippen LogP contribution is -2.24. The van der Waals surface area contributed by atoms with Crippen molar-refractivity contribution in [2.45, 2.75) is 11.4 Å². The van der Waals surface area contributed by atoms with Gasteiger partial charge in [0.25, 0.3) is 5.91 Å². The van der Waals surface area contributed by atoms with Gasteiger partial charge in [0.2, 0.25) is 10.0 Å². The highest BCUT2D eigenvalue weighted by molar-refractivity contribution is 7.89. The summed E-state index contributed by atoms with van der Waals surface area (Å²) >= 11 is 0. The molecule has 0 fully saturated rings. The molecule has 0 unspecified atom stereocenters. The molecule has 0 aliphatic rings. The van der Waals surface area contributed by atoms with Crippen molar-refractivity contribution in [1.29, 1.82) is 0 Å². The third-order valence-electron chi connectivity index (χ3n) is 3.88. The lowest BCUT2D eigenvalue weighted by molar-refractivity contribution is 0.0952. The van der Waals surface area contributed by atoms with E-state index >= 15 is 0 Å². The van der Waals surface area contributed by atoms with Crippen molar-refractivity contribution in [3.05, 3.63) is 89.7 Å². The Morgan fingerprint density at radius 2 is 1.83 bits per heavy atom. The van der Waals surface area contributed by atoms with Crippen LogP contribution in [0.3, 0.4) is 0 Å². The average molecular weight is 410 g/mol. The van der Waals surface area contributed by atoms with E-state index in [1.165, 1.54) is 12.3 Å². The Labute approximate surface area is 168 Å². The van der Waals surface area contributed by atoms with E-state index < -0.39 is 15.9 Å². The standard InChI is InChI=1S/C20H18N4O4S/c25-19-10-9-17(29(27,28)23-13-15-6-2-1-3-7-15)12-18(19)20(26)24-22-14-16-8-4-5-11-21-16/h1-12,14,23,25H,13H2,(H,24,26)/b22-14-. The van der Waals surface area contributed by atoms with E-state index in [-0.39, 0.29) is 22.8 Å². The summed E-state index contributed by atoms with van der Waals surface area (Å²) < 4.78 is 27.5. The molecule has 8 nitrogen and oxygen atoms in total. The summed E-state index contributed by atoms with van der Waals surface area (Å²) in [5, 5.41) is 13.7. The summed E-state index contributed by atoms with van der Waals surface area (Å²) in [7, 11) is -3.88. The minimum Gasteiger partial charge on any atom is -0.507 e. The number of hydrogen-bond acceptors (Lipinski definition) is 6. The molecule has 2 aromatic carbocycles. The average Bonchev–Trinajstić information content (AvgIpc) is 2.74. The van der Waals surface area contributed by atoms with Gasteiger partial charge >= 0.3 is 0 Å². The van der Waals surface area contributed by atoms with Gasteiger partial charge in [-0.25, -0.2) is 18.6 Å². The molecule has 148 valence electrons. The molecule has 29 heavy (non-hydrogen) atoms. The van der Waals surface area contributed by atoms with Crippen LogP contribution in [0.4, 0.5) is 0 Å². The Kier molecular flexibility index (Phi) is 6.32. The van der Waals surface area contributed by atoms with Gasteiger partial charge in [-0.05, 0) is 35.9 Å². The number of sulfonamides is 1. The van der Waals surface area contributed by atoms with Crippen molar-refractivity contribution >= 4 is 22.1 Å². The van der Waals surface area contributed by atoms with E-state index in [9.17, 15) is 18.3 Å². The maximum absolute atomic E-state index is 12.5. The van der Waals surface area contributed by atoms with Crippen LogP contribution in [-0.2, 0) is 16.6 Å². The van der Waals surface area contributed by atoms with Crippen LogP contribution in [0, 0.1) is 0 Å². The van der Waals surface area contributed by atoms with Gasteiger partial charge in [-0.3, -0.25) is 9.78 Å². The molecule has 3 aromatic rings. The quantitative estimate of drug-likeness (QED) is 0.407. The molecule has 0 saturated heterocycles. The van der Waals surface area contributed by atoms with E-state index in [4.69, 9.17) is 0 Å². The second kappa shape index (κ2) is 9.09. The van der Waals surface area contributed by atoms with E-state index in [1.54, 1.807) is 48.7 Å². The summed E-state index contributed by atoms with van der Waals surface area (Å²) in [6.45, 7) is 0.0972. The summed E-state index contributed by atoms with van der Waals surface area (Å²) in [6, 6.07) is 17.7. The number of benzene rings is 2. The number of aromatic hydroxyl groups is 1. The van der Waals surface area contributed by atoms with Crippen LogP contribution in [0.25, 0.3) is 0 Å². The second-order valence-corrected chi connectivity index (χ2v) is 7.71. The topological polar surface area (TPSA) is 121 Å². The number of nitrogens with zero attached hydrogens (tertiary/aromatic N) is 2. The van der Waals surface area contributed by atoms with Gasteiger partial charge in [-0.15, -0.1) is 0 Å². The van der Waals surface area contributed by atoms with Crippen molar-refractivity contribution in [3.8, 4) is 5.75 Å². The Hall–Kier alpha value is -3.56. The molecule has 0 aliphatic heterocycles. The van der Waals surface area contributed by atoms with Gasteiger partial charge in [0, 0.05) is 12.7 Å². The molecule has 0 saturated carbocycles. The fraction of sp³-hybridized carbons (Fsp3) is 0.0500. The van der Waals surface area contributed by atoms with Gasteiger partial charge in [0.15, 0.2) is 0 Å². The van der Waals surface area contributed by atoms with Gasteiger partial charge in [-0.1, -0.05) is 36.4 Å². The lowest BCUT2D eigenvalue weighted by Gasteiger charge is -2.09. The third-order valence-corrected chi connectivity index (χ3v) is 5.28. The number of phenols is 1. The molecule has 1 amide bonds. The van der Waals surface area contributed by atoms with E-state index in [2.05, 4.69) is 20.2 Å². The SMILES string of the molecule is O=C(N/N=C\c1ccccn1)c1cc(S(=O)(=O)NCc2ccccc2)ccc1O. The maximum atomic E-state index is 12.5. The number of amides is 1. The Balaban J connectivity index is 1.73. The van der Waals surface area contributed by atoms with Crippen molar-refractivity contribution < 1.29 is 18.3 Å². The first-order valence-electron chi connectivity index (χ1n) is 8.57. The number of phenolic OH excluding ortho intramolecular Hbond substituents is 1. The van der Waals surface area contributed by atoms with Crippen LogP contribution in [0.1, 0.15) is 21.6 Å². The van der Waals surface area contributed by atoms with Crippen LogP contribution < -0.4 is 10.1 Å². The second-order valence-electron chi connectivity index (χ2n) is 5.94. The Morgan fingerprint density at radius 1 is 1.07 bits per heavy atom. The molecule has 0 aliphatic carbocycles. The van der Waals surface area contributed by atoms with Crippen LogP contribution in [-0.4, -0.2) is 30.6 Å². The minimum atomic E-state index is -3.88. The molecular weight excluding hydrogens is 392 g/mol. The molecule has 0 radical (unpaired) electrons. The molecule has 0 bridgehead atoms. The number of rotatable bonds is 7. The molecule has 1 heterocycles. The molecule has 0 spiro atoms. The van der Waals surface area contributed by atoms with Crippen LogP contribution in [0.5, 0.6) is 5.75 Å². The molecule has 9 heteroatoms. The van der Waals surface area contributed by atoms with Crippen molar-refractivity contribution in [3.63, 3.8) is 0 Å². The first-order valence-corrected chi connectivity index (χ1v) is 10.0. The van der Waals surface area contributed by atoms with E-state index in [0.717, 1.165) is 17.7 Å². The summed E-state index contributed by atoms with van der Waals surface area (Å²) in [4.78, 5) is 16.2. The highest BCUT2D eigenvalue weighted by atomic mass is 32.2. The zero-order valence-corrected chi connectivity index (χ0v) is 16.0. The molecule has 0 atom stereocenters. The predicted octanol–water partition coefficient (Wildman–Crippen LogP) is 2.03. The molecule has 3 rings (SSSR count). The highest BCUT2D eigenvalue weighted by Crippen LogP contribution is 2.21. The van der Waals surface area contributed by atoms with Gasteiger partial charge in [0.1, 0.15) is 5.75 Å². The zero-order chi connectivity index (χ0) is 20.7. The number of pyridine rings is 1. The van der Waals surface area contributed by atoms with Crippen LogP contribution in [0.15, 0.2) is 82.9 Å². The Bertz CT molecular complexity index is 1120. The molecular formula is C20H18N4O4S. The highest BCUT2D eigenvalue weighted by Gasteiger charge is 2.19. The maximum Gasteiger partial charge on any atom is 0.275 e. The smallest absolute Gasteiger partial charge is 0.275 e. The summed E-state index contributed by atoms with van der Waals surface area (Å²) in [6.07, 6.45) is 2.91. The summed E-state index contributed by atoms with van der Waals surface area (Å²) in [5.41, 5.74) is 3.34. The number of hydrazone groups is 1. The van der Waals surface area contributed by atoms with Gasteiger partial charge in [0.05, 0.1) is 22.4 Å². The third kappa shape index (κ3) is 5.47. The number of carbonyl (C=O) groups is 1. The fourth-order valence-corrected chi connectivity index (χ4v) is 3.43. The van der Waals surface area contributed by atoms with Crippen LogP contribution in [0.2, 0.25) is 0 Å². The van der Waals surface area contributed by atoms with E-state index in [1.807, 2.05) is 6.07 Å². The fourth-order valence-electron chi connectivity index (χ4n) is 2.39. The minimum absolute atomic E-state index is 0.0972. The Morgan fingerprint density at radius 3 is 2.55 bits per heavy atom. The normalized spacial score (nSPS) is 11.4. The van der Waals surface area contributed by atoms with Crippen molar-refractivity contribution in [2.24, 2.45) is 5.10 Å². The monoisotopic (exact) mass is 410 g/mol. The summed E-state index contributed by atoms with van der Waals surface area (Å²) in [5.74, 6) is -1.12. The zero-order valence-electron chi connectivity index (χ0n) is 15.2. The largest absolute Gasteiger partial charge is 0.507 e. The van der Waals surface area contributed by atoms with E-state index in [0.29, 0.717) is 5.69 Å². The molecule has 3 N–H and O–H groups in total. The number of hydrogen-bond donors (Lipinski definition) is 3. The van der Waals surface area contributed by atoms with Gasteiger partial charge in [-0.2, -0.15) is 5.10 Å². The number of carbonyl (C=O) groups excluding carboxylic acids is 1. The lowest BCUT2D eigenvalue weighted by atomic mass is 10.2. The van der Waals surface area contributed by atoms with Gasteiger partial charge < -0.3 is 5.11 Å². The number of nitrogens with one attached hydrogen (secondary N) is 2. The molecule has 1 aromatic heterocycles. The van der Waals surface area contributed by atoms with Crippen LogP contribution >= 0.6 is 0 Å². The predicted molar refractivity (Wildman–Crippen MR) is 108 cm³/mol. The van der Waals surface area contributed by atoms with Crippen molar-refractivity contribution in [2.75, 3.05) is 0 Å². The first-order chi connectivity index (χ1) is 14.0. The first kappa shape index (κ1) is 20.2. The van der Waals surface area contributed by atoms with Crippen molar-refractivity contribution in [1.82, 2.24) is 15.1 Å². The number of aromatic nitrogens is 1.